The number of unbranched alkanes of at least 4 members (excludes halogenated alkanes) is 2. The number of carbonyl (C=O) groups excluding carboxylic acids is 2. The maximum absolute atomic E-state index is 14.2. The predicted molar refractivity (Wildman–Crippen MR) is 159 cm³/mol. The quantitative estimate of drug-likeness (QED) is 0.285. The number of hydrogen-bond donors (Lipinski definition) is 1. The Morgan fingerprint density at radius 3 is 2.40 bits per heavy atom. The highest BCUT2D eigenvalue weighted by Gasteiger charge is 2.41. The number of ketones is 1. The van der Waals surface area contributed by atoms with Crippen molar-refractivity contribution in [3.8, 4) is 11.5 Å². The zero-order valence-electron chi connectivity index (χ0n) is 23.2. The first-order valence-corrected chi connectivity index (χ1v) is 14.2. The summed E-state index contributed by atoms with van der Waals surface area (Å²) in [5.41, 5.74) is 4.93. The highest BCUT2D eigenvalue weighted by atomic mass is 35.5. The van der Waals surface area contributed by atoms with Crippen LogP contribution in [0, 0.1) is 0 Å². The molecule has 0 unspecified atom stereocenters. The summed E-state index contributed by atoms with van der Waals surface area (Å²) in [4.78, 5) is 29.9. The summed E-state index contributed by atoms with van der Waals surface area (Å²) in [6, 6.07) is 20.6. The molecule has 0 radical (unpaired) electrons. The molecule has 0 spiro atoms. The standard InChI is InChI=1S/C33H35ClN2O4/c1-4-5-6-11-31(38)36-27-10-8-7-9-25(27)35-26-18-23(22-14-17-29(39-2)30(20-22)40-3)19-28(37)32(26)33(36)21-12-15-24(34)16-13-21/h7-10,12-17,20,23,33,35H,4-6,11,18-19H2,1-3H3/t23-,33+/m0/s1. The lowest BCUT2D eigenvalue weighted by atomic mass is 9.78. The van der Waals surface area contributed by atoms with Gasteiger partial charge in [-0.3, -0.25) is 14.5 Å². The summed E-state index contributed by atoms with van der Waals surface area (Å²) in [7, 11) is 3.22. The van der Waals surface area contributed by atoms with E-state index in [0.29, 0.717) is 41.4 Å². The van der Waals surface area contributed by atoms with Crippen LogP contribution in [-0.4, -0.2) is 25.9 Å². The topological polar surface area (TPSA) is 67.9 Å². The Kier molecular flexibility index (Phi) is 8.46. The number of nitrogens with one attached hydrogen (secondary N) is 1. The van der Waals surface area contributed by atoms with Gasteiger partial charge in [0.05, 0.1) is 31.6 Å². The fourth-order valence-electron chi connectivity index (χ4n) is 5.81. The molecule has 5 rings (SSSR count). The van der Waals surface area contributed by atoms with Gasteiger partial charge in [-0.15, -0.1) is 0 Å². The van der Waals surface area contributed by atoms with E-state index in [-0.39, 0.29) is 17.6 Å². The second-order valence-corrected chi connectivity index (χ2v) is 10.8. The third-order valence-corrected chi connectivity index (χ3v) is 8.07. The van der Waals surface area contributed by atoms with Gasteiger partial charge in [0.15, 0.2) is 17.3 Å². The van der Waals surface area contributed by atoms with Crippen molar-refractivity contribution >= 4 is 34.7 Å². The minimum absolute atomic E-state index is 0.00575. The van der Waals surface area contributed by atoms with Crippen molar-refractivity contribution in [2.45, 2.75) is 57.4 Å². The number of carbonyl (C=O) groups is 2. The highest BCUT2D eigenvalue weighted by molar-refractivity contribution is 6.30. The number of allylic oxidation sites excluding steroid dienone is 1. The van der Waals surface area contributed by atoms with E-state index < -0.39 is 6.04 Å². The number of Topliss-reactive ketones (excluding diaryl/α,β-unsaturated/α-hetero) is 1. The minimum Gasteiger partial charge on any atom is -0.493 e. The molecule has 3 aromatic carbocycles. The Balaban J connectivity index is 1.64. The van der Waals surface area contributed by atoms with Gasteiger partial charge in [-0.05, 0) is 66.3 Å². The zero-order chi connectivity index (χ0) is 28.2. The first-order chi connectivity index (χ1) is 19.4. The molecule has 1 N–H and O–H groups in total. The number of methoxy groups -OCH3 is 2. The predicted octanol–water partition coefficient (Wildman–Crippen LogP) is 7.84. The van der Waals surface area contributed by atoms with Crippen molar-refractivity contribution in [3.63, 3.8) is 0 Å². The Hall–Kier alpha value is -3.77. The summed E-state index contributed by atoms with van der Waals surface area (Å²) < 4.78 is 11.0. The van der Waals surface area contributed by atoms with E-state index >= 15 is 0 Å². The first kappa shape index (κ1) is 27.8. The third-order valence-electron chi connectivity index (χ3n) is 7.82. The third kappa shape index (κ3) is 5.46. The molecule has 0 saturated heterocycles. The van der Waals surface area contributed by atoms with E-state index in [1.54, 1.807) is 14.2 Å². The molecule has 0 aromatic heterocycles. The molecule has 40 heavy (non-hydrogen) atoms. The Labute approximate surface area is 240 Å². The Morgan fingerprint density at radius 2 is 1.68 bits per heavy atom. The van der Waals surface area contributed by atoms with Crippen molar-refractivity contribution < 1.29 is 19.1 Å². The average Bonchev–Trinajstić information content (AvgIpc) is 3.12. The number of ether oxygens (including phenoxy) is 2. The fourth-order valence-corrected chi connectivity index (χ4v) is 5.94. The second-order valence-electron chi connectivity index (χ2n) is 10.4. The van der Waals surface area contributed by atoms with Crippen LogP contribution in [0.2, 0.25) is 5.02 Å². The van der Waals surface area contributed by atoms with Gasteiger partial charge in [0.25, 0.3) is 0 Å². The maximum Gasteiger partial charge on any atom is 0.227 e. The number of benzene rings is 3. The van der Waals surface area contributed by atoms with Crippen LogP contribution < -0.4 is 19.7 Å². The van der Waals surface area contributed by atoms with Crippen LogP contribution in [0.3, 0.4) is 0 Å². The normalized spacial score (nSPS) is 18.4. The van der Waals surface area contributed by atoms with Gasteiger partial charge in [0, 0.05) is 29.1 Å². The number of anilines is 2. The summed E-state index contributed by atoms with van der Waals surface area (Å²) in [6.07, 6.45) is 4.16. The van der Waals surface area contributed by atoms with Gasteiger partial charge in [0.2, 0.25) is 5.91 Å². The average molecular weight is 559 g/mol. The summed E-state index contributed by atoms with van der Waals surface area (Å²) in [5.74, 6) is 1.26. The lowest BCUT2D eigenvalue weighted by Gasteiger charge is -2.35. The Bertz CT molecular complexity index is 1430. The van der Waals surface area contributed by atoms with Gasteiger partial charge >= 0.3 is 0 Å². The molecule has 1 heterocycles. The number of hydrogen-bond acceptors (Lipinski definition) is 5. The van der Waals surface area contributed by atoms with Crippen LogP contribution in [0.4, 0.5) is 11.4 Å². The van der Waals surface area contributed by atoms with Gasteiger partial charge in [-0.1, -0.05) is 61.7 Å². The van der Waals surface area contributed by atoms with Crippen molar-refractivity contribution in [1.29, 1.82) is 0 Å². The molecule has 1 amide bonds. The summed E-state index contributed by atoms with van der Waals surface area (Å²) in [5, 5.41) is 4.19. The van der Waals surface area contributed by atoms with Crippen LogP contribution >= 0.6 is 11.6 Å². The van der Waals surface area contributed by atoms with Crippen LogP contribution in [0.1, 0.15) is 68.5 Å². The molecule has 7 heteroatoms. The molecule has 6 nitrogen and oxygen atoms in total. The largest absolute Gasteiger partial charge is 0.493 e. The number of rotatable bonds is 8. The number of amides is 1. The molecular formula is C33H35ClN2O4. The molecule has 2 atom stereocenters. The number of para-hydroxylation sites is 2. The van der Waals surface area contributed by atoms with Crippen molar-refractivity contribution in [2.24, 2.45) is 0 Å². The van der Waals surface area contributed by atoms with Crippen LogP contribution in [0.25, 0.3) is 0 Å². The Morgan fingerprint density at radius 1 is 0.950 bits per heavy atom. The van der Waals surface area contributed by atoms with E-state index in [2.05, 4.69) is 12.2 Å². The number of fused-ring (bicyclic) bond motifs is 1. The minimum atomic E-state index is -0.559. The molecule has 0 bridgehead atoms. The second kappa shape index (κ2) is 12.2. The smallest absolute Gasteiger partial charge is 0.227 e. The van der Waals surface area contributed by atoms with Crippen LogP contribution in [0.15, 0.2) is 78.0 Å². The fraction of sp³-hybridized carbons (Fsp3) is 0.333. The van der Waals surface area contributed by atoms with Gasteiger partial charge in [-0.2, -0.15) is 0 Å². The molecule has 1 aliphatic carbocycles. The molecule has 2 aliphatic rings. The van der Waals surface area contributed by atoms with Crippen molar-refractivity contribution in [1.82, 2.24) is 0 Å². The van der Waals surface area contributed by atoms with E-state index in [0.717, 1.165) is 47.5 Å². The number of nitrogens with zero attached hydrogens (tertiary/aromatic N) is 1. The van der Waals surface area contributed by atoms with Crippen molar-refractivity contribution in [3.05, 3.63) is 94.1 Å². The monoisotopic (exact) mass is 558 g/mol. The molecule has 208 valence electrons. The molecule has 0 fully saturated rings. The van der Waals surface area contributed by atoms with E-state index in [1.807, 2.05) is 71.6 Å². The van der Waals surface area contributed by atoms with E-state index in [4.69, 9.17) is 21.1 Å². The van der Waals surface area contributed by atoms with Gasteiger partial charge in [-0.25, -0.2) is 0 Å². The van der Waals surface area contributed by atoms with Crippen LogP contribution in [-0.2, 0) is 9.59 Å². The summed E-state index contributed by atoms with van der Waals surface area (Å²) in [6.45, 7) is 2.12. The van der Waals surface area contributed by atoms with Gasteiger partial charge in [0.1, 0.15) is 0 Å². The van der Waals surface area contributed by atoms with Gasteiger partial charge < -0.3 is 14.8 Å². The molecule has 0 saturated carbocycles. The van der Waals surface area contributed by atoms with Crippen LogP contribution in [0.5, 0.6) is 11.5 Å². The zero-order valence-corrected chi connectivity index (χ0v) is 24.0. The highest BCUT2D eigenvalue weighted by Crippen LogP contribution is 2.48. The lowest BCUT2D eigenvalue weighted by molar-refractivity contribution is -0.119. The maximum atomic E-state index is 14.2. The van der Waals surface area contributed by atoms with E-state index in [9.17, 15) is 9.59 Å². The SMILES string of the molecule is CCCCCC(=O)N1c2ccccc2NC2=C(C(=O)C[C@@H](c3ccc(OC)c(OC)c3)C2)[C@H]1c1ccc(Cl)cc1. The molecular weight excluding hydrogens is 524 g/mol. The van der Waals surface area contributed by atoms with E-state index in [1.165, 1.54) is 0 Å². The molecule has 3 aromatic rings. The number of halogens is 1. The first-order valence-electron chi connectivity index (χ1n) is 13.9. The lowest BCUT2D eigenvalue weighted by Crippen LogP contribution is -2.38. The summed E-state index contributed by atoms with van der Waals surface area (Å²) >= 11 is 6.26. The molecule has 1 aliphatic heterocycles. The van der Waals surface area contributed by atoms with Crippen molar-refractivity contribution in [2.75, 3.05) is 24.4 Å².